The van der Waals surface area contributed by atoms with Crippen LogP contribution in [0.5, 0.6) is 0 Å². The first kappa shape index (κ1) is 16.3. The van der Waals surface area contributed by atoms with Gasteiger partial charge in [0.15, 0.2) is 0 Å². The summed E-state index contributed by atoms with van der Waals surface area (Å²) in [5.41, 5.74) is 5.25. The zero-order valence-corrected chi connectivity index (χ0v) is 14.4. The Bertz CT molecular complexity index is 748. The van der Waals surface area contributed by atoms with Gasteiger partial charge in [-0.15, -0.1) is 0 Å². The molecule has 0 aliphatic heterocycles. The second-order valence-electron chi connectivity index (χ2n) is 6.07. The number of hydrogen-bond donors (Lipinski definition) is 0. The number of hydrogen-bond acceptors (Lipinski definition) is 1. The van der Waals surface area contributed by atoms with E-state index >= 15 is 0 Å². The van der Waals surface area contributed by atoms with Crippen LogP contribution < -0.4 is 0 Å². The molecule has 0 radical (unpaired) electrons. The minimum Gasteiger partial charge on any atom is -0.497 e. The molecule has 0 bridgehead atoms. The van der Waals surface area contributed by atoms with Crippen LogP contribution in [0, 0.1) is 5.92 Å². The van der Waals surface area contributed by atoms with Crippen molar-refractivity contribution in [3.8, 4) is 0 Å². The molecule has 2 aromatic rings. The van der Waals surface area contributed by atoms with E-state index in [-0.39, 0.29) is 0 Å². The Balaban J connectivity index is 1.95. The quantitative estimate of drug-likeness (QED) is 0.624. The van der Waals surface area contributed by atoms with Gasteiger partial charge in [-0.1, -0.05) is 73.7 Å². The van der Waals surface area contributed by atoms with E-state index in [1.165, 1.54) is 22.3 Å². The van der Waals surface area contributed by atoms with Crippen molar-refractivity contribution in [2.24, 2.45) is 5.92 Å². The van der Waals surface area contributed by atoms with E-state index in [2.05, 4.69) is 85.8 Å². The zero-order chi connectivity index (χ0) is 16.8. The Morgan fingerprint density at radius 3 is 2.42 bits per heavy atom. The summed E-state index contributed by atoms with van der Waals surface area (Å²) >= 11 is 0. The lowest BCUT2D eigenvalue weighted by Crippen LogP contribution is -2.04. The van der Waals surface area contributed by atoms with Gasteiger partial charge in [-0.25, -0.2) is 0 Å². The van der Waals surface area contributed by atoms with Crippen LogP contribution in [0.25, 0.3) is 11.6 Å². The van der Waals surface area contributed by atoms with Crippen molar-refractivity contribution in [2.45, 2.75) is 19.8 Å². The molecule has 0 N–H and O–H groups in total. The van der Waals surface area contributed by atoms with Gasteiger partial charge >= 0.3 is 0 Å². The van der Waals surface area contributed by atoms with Crippen LogP contribution in [-0.4, -0.2) is 7.11 Å². The predicted molar refractivity (Wildman–Crippen MR) is 102 cm³/mol. The predicted octanol–water partition coefficient (Wildman–Crippen LogP) is 5.90. The van der Waals surface area contributed by atoms with Crippen LogP contribution in [0.4, 0.5) is 0 Å². The van der Waals surface area contributed by atoms with E-state index in [9.17, 15) is 0 Å². The van der Waals surface area contributed by atoms with Gasteiger partial charge in [0.05, 0.1) is 7.11 Å². The summed E-state index contributed by atoms with van der Waals surface area (Å²) < 4.78 is 5.32. The largest absolute Gasteiger partial charge is 0.497 e. The van der Waals surface area contributed by atoms with Gasteiger partial charge in [-0.3, -0.25) is 0 Å². The third kappa shape index (κ3) is 3.86. The molecular formula is C23H24O. The van der Waals surface area contributed by atoms with E-state index in [0.717, 1.165) is 18.6 Å². The maximum atomic E-state index is 5.32. The molecule has 2 aromatic carbocycles. The van der Waals surface area contributed by atoms with Crippen LogP contribution >= 0.6 is 0 Å². The summed E-state index contributed by atoms with van der Waals surface area (Å²) in [7, 11) is 1.72. The number of methoxy groups -OCH3 is 1. The van der Waals surface area contributed by atoms with Crippen LogP contribution in [0.15, 0.2) is 78.6 Å². The van der Waals surface area contributed by atoms with Crippen molar-refractivity contribution < 1.29 is 4.74 Å². The maximum Gasteiger partial charge on any atom is 0.114 e. The molecule has 3 rings (SSSR count). The van der Waals surface area contributed by atoms with Crippen molar-refractivity contribution in [1.29, 1.82) is 0 Å². The highest BCUT2D eigenvalue weighted by Gasteiger charge is 2.16. The highest BCUT2D eigenvalue weighted by molar-refractivity contribution is 5.84. The molecule has 0 aromatic heterocycles. The van der Waals surface area contributed by atoms with Crippen LogP contribution in [0.1, 0.15) is 30.0 Å². The highest BCUT2D eigenvalue weighted by Crippen LogP contribution is 2.32. The molecule has 1 aliphatic rings. The minimum absolute atomic E-state index is 0.372. The van der Waals surface area contributed by atoms with E-state index < -0.39 is 0 Å². The molecule has 1 atom stereocenters. The third-order valence-electron chi connectivity index (χ3n) is 4.52. The molecule has 1 nitrogen and oxygen atoms in total. The molecule has 0 saturated heterocycles. The SMILES string of the molecule is CCc1ccc(/C=C(\c2ccccc2)C2C=CC(OC)=CC2)cc1. The fourth-order valence-corrected chi connectivity index (χ4v) is 3.05. The molecular weight excluding hydrogens is 292 g/mol. The molecule has 0 spiro atoms. The Kier molecular flexibility index (Phi) is 5.32. The summed E-state index contributed by atoms with van der Waals surface area (Å²) in [5, 5.41) is 0. The van der Waals surface area contributed by atoms with Gasteiger partial charge in [-0.05, 0) is 47.3 Å². The number of aryl methyl sites for hydroxylation is 1. The molecule has 0 saturated carbocycles. The average Bonchev–Trinajstić information content (AvgIpc) is 2.67. The van der Waals surface area contributed by atoms with Crippen molar-refractivity contribution in [2.75, 3.05) is 7.11 Å². The highest BCUT2D eigenvalue weighted by atomic mass is 16.5. The number of ether oxygens (including phenoxy) is 1. The summed E-state index contributed by atoms with van der Waals surface area (Å²) in [4.78, 5) is 0. The average molecular weight is 316 g/mol. The van der Waals surface area contributed by atoms with Gasteiger partial charge in [0.2, 0.25) is 0 Å². The molecule has 0 amide bonds. The lowest BCUT2D eigenvalue weighted by atomic mass is 9.86. The number of allylic oxidation sites excluding steroid dienone is 4. The smallest absolute Gasteiger partial charge is 0.114 e. The summed E-state index contributed by atoms with van der Waals surface area (Å²) in [5.74, 6) is 1.32. The Hall–Kier alpha value is -2.54. The first-order valence-corrected chi connectivity index (χ1v) is 8.58. The first-order chi connectivity index (χ1) is 11.8. The topological polar surface area (TPSA) is 9.23 Å². The monoisotopic (exact) mass is 316 g/mol. The number of benzene rings is 2. The second kappa shape index (κ2) is 7.83. The van der Waals surface area contributed by atoms with Crippen LogP contribution in [0.3, 0.4) is 0 Å². The Morgan fingerprint density at radius 2 is 1.83 bits per heavy atom. The first-order valence-electron chi connectivity index (χ1n) is 8.58. The molecule has 0 heterocycles. The summed E-state index contributed by atoms with van der Waals surface area (Å²) in [6.07, 6.45) is 10.8. The van der Waals surface area contributed by atoms with E-state index in [4.69, 9.17) is 4.74 Å². The Morgan fingerprint density at radius 1 is 1.08 bits per heavy atom. The van der Waals surface area contributed by atoms with Gasteiger partial charge in [0, 0.05) is 5.92 Å². The lowest BCUT2D eigenvalue weighted by molar-refractivity contribution is 0.302. The molecule has 24 heavy (non-hydrogen) atoms. The molecule has 1 aliphatic carbocycles. The van der Waals surface area contributed by atoms with Gasteiger partial charge in [0.1, 0.15) is 5.76 Å². The third-order valence-corrected chi connectivity index (χ3v) is 4.52. The summed E-state index contributed by atoms with van der Waals surface area (Å²) in [6, 6.07) is 19.5. The van der Waals surface area contributed by atoms with Crippen molar-refractivity contribution in [3.05, 3.63) is 95.3 Å². The number of rotatable bonds is 5. The fraction of sp³-hybridized carbons (Fsp3) is 0.217. The molecule has 1 unspecified atom stereocenters. The van der Waals surface area contributed by atoms with E-state index in [0.29, 0.717) is 5.92 Å². The van der Waals surface area contributed by atoms with Crippen molar-refractivity contribution in [3.63, 3.8) is 0 Å². The lowest BCUT2D eigenvalue weighted by Gasteiger charge is -2.20. The fourth-order valence-electron chi connectivity index (χ4n) is 3.05. The van der Waals surface area contributed by atoms with Crippen molar-refractivity contribution >= 4 is 11.6 Å². The van der Waals surface area contributed by atoms with Gasteiger partial charge in [0.25, 0.3) is 0 Å². The van der Waals surface area contributed by atoms with E-state index in [1.54, 1.807) is 7.11 Å². The Labute approximate surface area is 145 Å². The molecule has 1 heteroatoms. The minimum atomic E-state index is 0.372. The van der Waals surface area contributed by atoms with Gasteiger partial charge in [-0.2, -0.15) is 0 Å². The van der Waals surface area contributed by atoms with Crippen LogP contribution in [-0.2, 0) is 11.2 Å². The second-order valence-corrected chi connectivity index (χ2v) is 6.07. The summed E-state index contributed by atoms with van der Waals surface area (Å²) in [6.45, 7) is 2.19. The van der Waals surface area contributed by atoms with Crippen molar-refractivity contribution in [1.82, 2.24) is 0 Å². The zero-order valence-electron chi connectivity index (χ0n) is 14.4. The van der Waals surface area contributed by atoms with Gasteiger partial charge < -0.3 is 4.74 Å². The van der Waals surface area contributed by atoms with Crippen LogP contribution in [0.2, 0.25) is 0 Å². The maximum absolute atomic E-state index is 5.32. The molecule has 0 fully saturated rings. The molecule has 122 valence electrons. The van der Waals surface area contributed by atoms with E-state index in [1.807, 2.05) is 0 Å². The normalized spacial score (nSPS) is 17.5. The standard InChI is InChI=1S/C23H24O/c1-3-18-9-11-19(12-10-18)17-23(20-7-5-4-6-8-20)21-13-15-22(24-2)16-14-21/h4-13,15-17,21H,3,14H2,1-2H3/b23-17+.